The molecule has 2 aromatic rings. The molecule has 2 aliphatic rings. The van der Waals surface area contributed by atoms with Crippen LogP contribution in [0.2, 0.25) is 0 Å². The monoisotopic (exact) mass is 637 g/mol. The van der Waals surface area contributed by atoms with Crippen molar-refractivity contribution >= 4 is 12.2 Å². The second kappa shape index (κ2) is 15.0. The summed E-state index contributed by atoms with van der Waals surface area (Å²) in [6.07, 6.45) is 2.68. The summed E-state index contributed by atoms with van der Waals surface area (Å²) in [5.41, 5.74) is 0.957. The fraction of sp³-hybridized carbons (Fsp3) is 0.622. The van der Waals surface area contributed by atoms with E-state index >= 15 is 0 Å². The van der Waals surface area contributed by atoms with E-state index in [0.29, 0.717) is 25.6 Å². The van der Waals surface area contributed by atoms with Crippen LogP contribution >= 0.6 is 0 Å². The van der Waals surface area contributed by atoms with E-state index in [1.807, 2.05) is 109 Å². The molecule has 2 aromatic carbocycles. The lowest BCUT2D eigenvalue weighted by atomic mass is 9.90. The minimum atomic E-state index is -0.612. The van der Waals surface area contributed by atoms with Gasteiger partial charge in [0.15, 0.2) is 0 Å². The van der Waals surface area contributed by atoms with Gasteiger partial charge in [-0.05, 0) is 123 Å². The third kappa shape index (κ3) is 10.3. The van der Waals surface area contributed by atoms with E-state index in [0.717, 1.165) is 54.9 Å². The number of amides is 2. The quantitative estimate of drug-likeness (QED) is 0.292. The highest BCUT2D eigenvalue weighted by Crippen LogP contribution is 2.37. The summed E-state index contributed by atoms with van der Waals surface area (Å²) >= 11 is 0. The standard InChI is InChI=1S/C37H55N3O6/c1-26-10-20-32(39(24-26)34(41)45-36(2,3)4)28-13-17-30(18-14-28)44-31-19-21-33(40(25-31)35(42)46-37(5,6)7)27-11-15-29(16-12-27)43-23-22-38(8)9/h11-18,26,31-33H,10,19-25H2,1-9H3/t26-,31-,32+,33+/m0/s1. The number of ether oxygens (including phenoxy) is 4. The van der Waals surface area contributed by atoms with Crippen molar-refractivity contribution in [3.63, 3.8) is 0 Å². The molecule has 0 unspecified atom stereocenters. The maximum absolute atomic E-state index is 13.5. The first-order valence-corrected chi connectivity index (χ1v) is 16.7. The highest BCUT2D eigenvalue weighted by Gasteiger charge is 2.37. The summed E-state index contributed by atoms with van der Waals surface area (Å²) in [4.78, 5) is 32.3. The zero-order chi connectivity index (χ0) is 33.6. The number of carbonyl (C=O) groups is 2. The Morgan fingerprint density at radius 1 is 0.717 bits per heavy atom. The Hall–Kier alpha value is -3.46. The van der Waals surface area contributed by atoms with Crippen molar-refractivity contribution in [3.8, 4) is 11.5 Å². The smallest absolute Gasteiger partial charge is 0.410 e. The van der Waals surface area contributed by atoms with Crippen molar-refractivity contribution in [3.05, 3.63) is 59.7 Å². The fourth-order valence-electron chi connectivity index (χ4n) is 6.02. The number of hydrogen-bond acceptors (Lipinski definition) is 7. The zero-order valence-electron chi connectivity index (χ0n) is 29.4. The summed E-state index contributed by atoms with van der Waals surface area (Å²) < 4.78 is 23.9. The van der Waals surface area contributed by atoms with Crippen LogP contribution in [0, 0.1) is 5.92 Å². The molecule has 4 atom stereocenters. The van der Waals surface area contributed by atoms with E-state index in [9.17, 15) is 9.59 Å². The van der Waals surface area contributed by atoms with E-state index in [-0.39, 0.29) is 30.4 Å². The SMILES string of the molecule is C[C@H]1CC[C@H](c2ccc(O[C@H]3CC[C@H](c4ccc(OCCN(C)C)cc4)N(C(=O)OC(C)(C)C)C3)cc2)N(C(=O)OC(C)(C)C)C1. The Labute approximate surface area is 276 Å². The number of rotatable bonds is 8. The molecular formula is C37H55N3O6. The number of hydrogen-bond donors (Lipinski definition) is 0. The first kappa shape index (κ1) is 35.4. The second-order valence-corrected chi connectivity index (χ2v) is 15.1. The predicted octanol–water partition coefficient (Wildman–Crippen LogP) is 7.85. The molecule has 0 spiro atoms. The van der Waals surface area contributed by atoms with Gasteiger partial charge in [-0.2, -0.15) is 0 Å². The molecular weight excluding hydrogens is 582 g/mol. The number of carbonyl (C=O) groups excluding carboxylic acids is 2. The van der Waals surface area contributed by atoms with E-state index in [4.69, 9.17) is 18.9 Å². The first-order chi connectivity index (χ1) is 21.6. The highest BCUT2D eigenvalue weighted by molar-refractivity contribution is 5.69. The largest absolute Gasteiger partial charge is 0.492 e. The summed E-state index contributed by atoms with van der Waals surface area (Å²) in [7, 11) is 4.04. The van der Waals surface area contributed by atoms with Crippen LogP contribution < -0.4 is 9.47 Å². The maximum Gasteiger partial charge on any atom is 0.410 e. The van der Waals surface area contributed by atoms with Gasteiger partial charge in [-0.3, -0.25) is 4.90 Å². The van der Waals surface area contributed by atoms with Crippen molar-refractivity contribution in [2.45, 2.75) is 104 Å². The Morgan fingerprint density at radius 3 is 1.70 bits per heavy atom. The molecule has 0 bridgehead atoms. The van der Waals surface area contributed by atoms with Crippen LogP contribution in [0.4, 0.5) is 9.59 Å². The molecule has 254 valence electrons. The minimum absolute atomic E-state index is 0.0389. The van der Waals surface area contributed by atoms with E-state index < -0.39 is 11.2 Å². The zero-order valence-corrected chi connectivity index (χ0v) is 29.4. The number of likely N-dealkylation sites (tertiary alicyclic amines) is 2. The molecule has 9 nitrogen and oxygen atoms in total. The van der Waals surface area contributed by atoms with Crippen LogP contribution in [-0.4, -0.2) is 84.5 Å². The van der Waals surface area contributed by atoms with Crippen LogP contribution in [-0.2, 0) is 9.47 Å². The molecule has 9 heteroatoms. The Balaban J connectivity index is 1.44. The molecule has 0 saturated carbocycles. The molecule has 46 heavy (non-hydrogen) atoms. The third-order valence-corrected chi connectivity index (χ3v) is 8.25. The van der Waals surface area contributed by atoms with Gasteiger partial charge in [-0.1, -0.05) is 31.2 Å². The van der Waals surface area contributed by atoms with Crippen LogP contribution in [0.15, 0.2) is 48.5 Å². The Morgan fingerprint density at radius 2 is 1.20 bits per heavy atom. The van der Waals surface area contributed by atoms with Gasteiger partial charge in [0.1, 0.15) is 35.4 Å². The molecule has 0 radical (unpaired) electrons. The average Bonchev–Trinajstić information content (AvgIpc) is 2.96. The average molecular weight is 638 g/mol. The van der Waals surface area contributed by atoms with Crippen LogP contribution in [0.3, 0.4) is 0 Å². The molecule has 2 amide bonds. The van der Waals surface area contributed by atoms with Crippen molar-refractivity contribution in [1.29, 1.82) is 0 Å². The number of benzene rings is 2. The Bertz CT molecular complexity index is 1280. The van der Waals surface area contributed by atoms with Gasteiger partial charge in [0, 0.05) is 13.1 Å². The van der Waals surface area contributed by atoms with E-state index in [1.165, 1.54) is 0 Å². The summed E-state index contributed by atoms with van der Waals surface area (Å²) in [6, 6.07) is 15.9. The van der Waals surface area contributed by atoms with Crippen molar-refractivity contribution in [2.24, 2.45) is 5.92 Å². The topological polar surface area (TPSA) is 80.8 Å². The molecule has 2 aliphatic heterocycles. The van der Waals surface area contributed by atoms with E-state index in [2.05, 4.69) is 11.8 Å². The molecule has 0 aromatic heterocycles. The molecule has 4 rings (SSSR count). The van der Waals surface area contributed by atoms with Gasteiger partial charge in [0.25, 0.3) is 0 Å². The molecule has 0 N–H and O–H groups in total. The Kier molecular flexibility index (Phi) is 11.5. The number of nitrogens with zero attached hydrogens (tertiary/aromatic N) is 3. The minimum Gasteiger partial charge on any atom is -0.492 e. The van der Waals surface area contributed by atoms with Crippen LogP contribution in [0.5, 0.6) is 11.5 Å². The lowest BCUT2D eigenvalue weighted by molar-refractivity contribution is -0.00886. The van der Waals surface area contributed by atoms with Crippen molar-refractivity contribution < 1.29 is 28.5 Å². The lowest BCUT2D eigenvalue weighted by Crippen LogP contribution is -2.48. The van der Waals surface area contributed by atoms with Gasteiger partial charge < -0.3 is 28.7 Å². The van der Waals surface area contributed by atoms with Crippen molar-refractivity contribution in [2.75, 3.05) is 40.3 Å². The number of likely N-dealkylation sites (N-methyl/N-ethyl adjacent to an activating group) is 1. The molecule has 0 aliphatic carbocycles. The van der Waals surface area contributed by atoms with Crippen LogP contribution in [0.25, 0.3) is 0 Å². The maximum atomic E-state index is 13.5. The van der Waals surface area contributed by atoms with Gasteiger partial charge in [0.05, 0.1) is 18.6 Å². The first-order valence-electron chi connectivity index (χ1n) is 16.7. The second-order valence-electron chi connectivity index (χ2n) is 15.1. The fourth-order valence-corrected chi connectivity index (χ4v) is 6.02. The summed E-state index contributed by atoms with van der Waals surface area (Å²) in [6.45, 7) is 16.1. The lowest BCUT2D eigenvalue weighted by Gasteiger charge is -2.40. The normalized spacial score (nSPS) is 22.4. The van der Waals surface area contributed by atoms with Crippen molar-refractivity contribution in [1.82, 2.24) is 14.7 Å². The van der Waals surface area contributed by atoms with Gasteiger partial charge >= 0.3 is 12.2 Å². The number of piperidine rings is 2. The molecule has 2 fully saturated rings. The molecule has 2 heterocycles. The van der Waals surface area contributed by atoms with Crippen LogP contribution in [0.1, 0.15) is 97.4 Å². The predicted molar refractivity (Wildman–Crippen MR) is 180 cm³/mol. The van der Waals surface area contributed by atoms with Gasteiger partial charge in [-0.15, -0.1) is 0 Å². The summed E-state index contributed by atoms with van der Waals surface area (Å²) in [5, 5.41) is 0. The highest BCUT2D eigenvalue weighted by atomic mass is 16.6. The summed E-state index contributed by atoms with van der Waals surface area (Å²) in [5.74, 6) is 1.98. The third-order valence-electron chi connectivity index (χ3n) is 8.25. The van der Waals surface area contributed by atoms with E-state index in [1.54, 1.807) is 4.90 Å². The molecule has 2 saturated heterocycles. The van der Waals surface area contributed by atoms with Gasteiger partial charge in [0.2, 0.25) is 0 Å². The van der Waals surface area contributed by atoms with Gasteiger partial charge in [-0.25, -0.2) is 9.59 Å².